The van der Waals surface area contributed by atoms with Crippen LogP contribution < -0.4 is 0 Å². The highest BCUT2D eigenvalue weighted by atomic mass is 16.3. The van der Waals surface area contributed by atoms with Crippen LogP contribution in [0.4, 0.5) is 0 Å². The van der Waals surface area contributed by atoms with E-state index in [1.807, 2.05) is 19.9 Å². The summed E-state index contributed by atoms with van der Waals surface area (Å²) in [5, 5.41) is 9.15. The second-order valence-corrected chi connectivity index (χ2v) is 4.53. The third-order valence-electron chi connectivity index (χ3n) is 2.61. The summed E-state index contributed by atoms with van der Waals surface area (Å²) >= 11 is 0. The molecule has 0 amide bonds. The van der Waals surface area contributed by atoms with E-state index in [4.69, 9.17) is 5.11 Å². The van der Waals surface area contributed by atoms with Gasteiger partial charge in [-0.1, -0.05) is 34.6 Å². The van der Waals surface area contributed by atoms with Crippen molar-refractivity contribution in [2.75, 3.05) is 0 Å². The Kier molecular flexibility index (Phi) is 5.12. The first-order valence-electron chi connectivity index (χ1n) is 5.38. The van der Waals surface area contributed by atoms with Crippen LogP contribution >= 0.6 is 0 Å². The number of allylic oxidation sites excluding steroid dienone is 2. The standard InChI is InChI=1S/C10H18O.C2H6/c1-10(2,3)8-4-6-9(11)7-5-8;1-2/h6,8,11H,4-5,7H2,1-3H3;1-2H3. The third kappa shape index (κ3) is 4.35. The Morgan fingerprint density at radius 3 is 2.15 bits per heavy atom. The molecular formula is C12H24O. The molecule has 0 fully saturated rings. The molecule has 0 aromatic heterocycles. The molecule has 0 heterocycles. The van der Waals surface area contributed by atoms with Gasteiger partial charge in [-0.3, -0.25) is 0 Å². The molecule has 1 rings (SSSR count). The molecule has 1 N–H and O–H groups in total. The fraction of sp³-hybridized carbons (Fsp3) is 0.833. The lowest BCUT2D eigenvalue weighted by Crippen LogP contribution is -2.22. The summed E-state index contributed by atoms with van der Waals surface area (Å²) in [6.45, 7) is 10.8. The molecule has 1 nitrogen and oxygen atoms in total. The average molecular weight is 184 g/mol. The van der Waals surface area contributed by atoms with Crippen molar-refractivity contribution in [3.05, 3.63) is 11.8 Å². The van der Waals surface area contributed by atoms with Crippen LogP contribution in [0, 0.1) is 11.3 Å². The molecule has 1 atom stereocenters. The maximum atomic E-state index is 9.15. The highest BCUT2D eigenvalue weighted by Crippen LogP contribution is 2.36. The number of aliphatic hydroxyl groups is 1. The summed E-state index contributed by atoms with van der Waals surface area (Å²) < 4.78 is 0. The minimum Gasteiger partial charge on any atom is -0.513 e. The Balaban J connectivity index is 0.000000671. The molecule has 1 heteroatoms. The minimum absolute atomic E-state index is 0.400. The first kappa shape index (κ1) is 12.5. The monoisotopic (exact) mass is 184 g/mol. The third-order valence-corrected chi connectivity index (χ3v) is 2.61. The van der Waals surface area contributed by atoms with Crippen LogP contribution in [0.25, 0.3) is 0 Å². The average Bonchev–Trinajstić information content (AvgIpc) is 2.07. The Morgan fingerprint density at radius 2 is 1.85 bits per heavy atom. The van der Waals surface area contributed by atoms with Crippen molar-refractivity contribution in [1.29, 1.82) is 0 Å². The van der Waals surface area contributed by atoms with E-state index in [2.05, 4.69) is 20.8 Å². The number of aliphatic hydroxyl groups excluding tert-OH is 1. The van der Waals surface area contributed by atoms with Crippen molar-refractivity contribution in [1.82, 2.24) is 0 Å². The predicted octanol–water partition coefficient (Wildman–Crippen LogP) is 4.30. The van der Waals surface area contributed by atoms with Gasteiger partial charge in [-0.15, -0.1) is 0 Å². The second-order valence-electron chi connectivity index (χ2n) is 4.53. The summed E-state index contributed by atoms with van der Waals surface area (Å²) in [7, 11) is 0. The summed E-state index contributed by atoms with van der Waals surface area (Å²) in [6.07, 6.45) is 5.04. The highest BCUT2D eigenvalue weighted by Gasteiger charge is 2.25. The van der Waals surface area contributed by atoms with Gasteiger partial charge in [0, 0.05) is 6.42 Å². The fourth-order valence-corrected chi connectivity index (χ4v) is 1.61. The maximum absolute atomic E-state index is 9.15. The lowest BCUT2D eigenvalue weighted by atomic mass is 9.74. The number of hydrogen-bond acceptors (Lipinski definition) is 1. The molecule has 0 spiro atoms. The summed E-state index contributed by atoms with van der Waals surface area (Å²) in [5.41, 5.74) is 0.400. The van der Waals surface area contributed by atoms with Gasteiger partial charge in [0.2, 0.25) is 0 Å². The van der Waals surface area contributed by atoms with Gasteiger partial charge < -0.3 is 5.11 Å². The van der Waals surface area contributed by atoms with E-state index >= 15 is 0 Å². The van der Waals surface area contributed by atoms with Gasteiger partial charge in [-0.05, 0) is 30.3 Å². The van der Waals surface area contributed by atoms with Crippen molar-refractivity contribution >= 4 is 0 Å². The zero-order valence-corrected chi connectivity index (χ0v) is 9.72. The SMILES string of the molecule is CC.CC(C)(C)C1CC=C(O)CC1. The van der Waals surface area contributed by atoms with E-state index < -0.39 is 0 Å². The molecule has 1 aliphatic rings. The van der Waals surface area contributed by atoms with Crippen LogP contribution in [-0.2, 0) is 0 Å². The van der Waals surface area contributed by atoms with Gasteiger partial charge in [-0.25, -0.2) is 0 Å². The van der Waals surface area contributed by atoms with Crippen molar-refractivity contribution in [3.63, 3.8) is 0 Å². The Morgan fingerprint density at radius 1 is 1.31 bits per heavy atom. The zero-order chi connectivity index (χ0) is 10.5. The molecule has 0 saturated heterocycles. The van der Waals surface area contributed by atoms with Crippen molar-refractivity contribution < 1.29 is 5.11 Å². The van der Waals surface area contributed by atoms with Gasteiger partial charge >= 0.3 is 0 Å². The Bertz CT molecular complexity index is 162. The molecule has 13 heavy (non-hydrogen) atoms. The number of rotatable bonds is 0. The highest BCUT2D eigenvalue weighted by molar-refractivity contribution is 4.99. The summed E-state index contributed by atoms with van der Waals surface area (Å²) in [4.78, 5) is 0. The van der Waals surface area contributed by atoms with E-state index in [-0.39, 0.29) is 0 Å². The van der Waals surface area contributed by atoms with Crippen LogP contribution in [0.5, 0.6) is 0 Å². The molecule has 0 saturated carbocycles. The maximum Gasteiger partial charge on any atom is 0.0883 e. The van der Waals surface area contributed by atoms with E-state index in [1.54, 1.807) is 0 Å². The largest absolute Gasteiger partial charge is 0.513 e. The topological polar surface area (TPSA) is 20.2 Å². The smallest absolute Gasteiger partial charge is 0.0883 e. The van der Waals surface area contributed by atoms with Crippen molar-refractivity contribution in [3.8, 4) is 0 Å². The van der Waals surface area contributed by atoms with Gasteiger partial charge in [0.25, 0.3) is 0 Å². The lowest BCUT2D eigenvalue weighted by Gasteiger charge is -2.32. The molecule has 1 aliphatic carbocycles. The van der Waals surface area contributed by atoms with Crippen LogP contribution in [0.15, 0.2) is 11.8 Å². The van der Waals surface area contributed by atoms with E-state index in [0.29, 0.717) is 11.2 Å². The molecule has 0 aromatic rings. The van der Waals surface area contributed by atoms with Crippen LogP contribution in [0.1, 0.15) is 53.9 Å². The molecule has 0 aliphatic heterocycles. The number of hydrogen-bond donors (Lipinski definition) is 1. The molecular weight excluding hydrogens is 160 g/mol. The van der Waals surface area contributed by atoms with E-state index in [1.165, 1.54) is 0 Å². The first-order valence-corrected chi connectivity index (χ1v) is 5.38. The van der Waals surface area contributed by atoms with Gasteiger partial charge in [0.05, 0.1) is 5.76 Å². The minimum atomic E-state index is 0.400. The van der Waals surface area contributed by atoms with Crippen LogP contribution in [0.2, 0.25) is 0 Å². The molecule has 78 valence electrons. The Labute approximate surface area is 82.9 Å². The fourth-order valence-electron chi connectivity index (χ4n) is 1.61. The van der Waals surface area contributed by atoms with E-state index in [9.17, 15) is 0 Å². The van der Waals surface area contributed by atoms with Gasteiger partial charge in [-0.2, -0.15) is 0 Å². The zero-order valence-electron chi connectivity index (χ0n) is 9.72. The predicted molar refractivity (Wildman–Crippen MR) is 58.9 cm³/mol. The molecule has 0 aromatic carbocycles. The Hall–Kier alpha value is -0.460. The van der Waals surface area contributed by atoms with Crippen LogP contribution in [0.3, 0.4) is 0 Å². The summed E-state index contributed by atoms with van der Waals surface area (Å²) in [6, 6.07) is 0. The lowest BCUT2D eigenvalue weighted by molar-refractivity contribution is 0.204. The normalized spacial score (nSPS) is 22.8. The molecule has 0 bridgehead atoms. The molecule has 1 unspecified atom stereocenters. The second kappa shape index (κ2) is 5.31. The van der Waals surface area contributed by atoms with Crippen molar-refractivity contribution in [2.24, 2.45) is 11.3 Å². The quantitative estimate of drug-likeness (QED) is 0.595. The first-order chi connectivity index (χ1) is 6.00. The van der Waals surface area contributed by atoms with Gasteiger partial charge in [0.1, 0.15) is 0 Å². The van der Waals surface area contributed by atoms with Crippen molar-refractivity contribution in [2.45, 2.75) is 53.9 Å². The van der Waals surface area contributed by atoms with Crippen LogP contribution in [-0.4, -0.2) is 5.11 Å². The summed E-state index contributed by atoms with van der Waals surface area (Å²) in [5.74, 6) is 1.34. The van der Waals surface area contributed by atoms with Gasteiger partial charge in [0.15, 0.2) is 0 Å². The molecule has 0 radical (unpaired) electrons. The van der Waals surface area contributed by atoms with E-state index in [0.717, 1.165) is 25.2 Å².